The number of hydrogen-bond acceptors (Lipinski definition) is 5. The Labute approximate surface area is 162 Å². The predicted molar refractivity (Wildman–Crippen MR) is 106 cm³/mol. The highest BCUT2D eigenvalue weighted by atomic mass is 16.5. The Hall–Kier alpha value is -3.29. The summed E-state index contributed by atoms with van der Waals surface area (Å²) in [5.74, 6) is 1.03. The molecule has 8 nitrogen and oxygen atoms in total. The summed E-state index contributed by atoms with van der Waals surface area (Å²) >= 11 is 0. The number of hydrogen-bond donors (Lipinski definition) is 1. The van der Waals surface area contributed by atoms with Gasteiger partial charge in [0.2, 0.25) is 5.91 Å². The van der Waals surface area contributed by atoms with Crippen LogP contribution >= 0.6 is 0 Å². The van der Waals surface area contributed by atoms with E-state index < -0.39 is 0 Å². The molecule has 2 heterocycles. The molecular weight excluding hydrogens is 360 g/mol. The van der Waals surface area contributed by atoms with Gasteiger partial charge < -0.3 is 19.4 Å². The van der Waals surface area contributed by atoms with Gasteiger partial charge >= 0.3 is 0 Å². The third-order valence-electron chi connectivity index (χ3n) is 4.57. The molecule has 148 valence electrons. The number of aryl methyl sites for hydroxylation is 2. The lowest BCUT2D eigenvalue weighted by Crippen LogP contribution is -2.32. The molecule has 0 saturated carbocycles. The Kier molecular flexibility index (Phi) is 5.67. The number of amides is 1. The number of ether oxygens (including phenoxy) is 2. The number of methoxy groups -OCH3 is 2. The first-order chi connectivity index (χ1) is 13.5. The fourth-order valence-electron chi connectivity index (χ4n) is 3.12. The van der Waals surface area contributed by atoms with E-state index in [0.717, 1.165) is 16.6 Å². The molecule has 0 bridgehead atoms. The molecule has 0 atom stereocenters. The zero-order valence-electron chi connectivity index (χ0n) is 16.5. The van der Waals surface area contributed by atoms with Gasteiger partial charge in [-0.1, -0.05) is 0 Å². The summed E-state index contributed by atoms with van der Waals surface area (Å²) in [5, 5.41) is 8.02. The van der Waals surface area contributed by atoms with Crippen LogP contribution in [0.2, 0.25) is 0 Å². The highest BCUT2D eigenvalue weighted by molar-refractivity contribution is 5.81. The number of aromatic nitrogens is 3. The van der Waals surface area contributed by atoms with Gasteiger partial charge in [-0.05, 0) is 37.6 Å². The molecule has 1 N–H and O–H groups in total. The average molecular weight is 384 g/mol. The summed E-state index contributed by atoms with van der Waals surface area (Å²) in [7, 11) is 3.14. The third-order valence-corrected chi connectivity index (χ3v) is 4.57. The third kappa shape index (κ3) is 3.85. The lowest BCUT2D eigenvalue weighted by molar-refractivity contribution is -0.121. The van der Waals surface area contributed by atoms with E-state index in [0.29, 0.717) is 30.1 Å². The number of fused-ring (bicyclic) bond motifs is 1. The van der Waals surface area contributed by atoms with Crippen molar-refractivity contribution < 1.29 is 14.3 Å². The minimum atomic E-state index is -0.262. The first kappa shape index (κ1) is 19.5. The number of nitrogens with zero attached hydrogens (tertiary/aromatic N) is 3. The minimum Gasteiger partial charge on any atom is -0.497 e. The van der Waals surface area contributed by atoms with Crippen LogP contribution in [0, 0.1) is 6.92 Å². The lowest BCUT2D eigenvalue weighted by atomic mass is 10.2. The minimum absolute atomic E-state index is 0.0657. The summed E-state index contributed by atoms with van der Waals surface area (Å²) < 4.78 is 13.5. The fraction of sp³-hybridized carbons (Fsp3) is 0.350. The topological polar surface area (TPSA) is 87.4 Å². The van der Waals surface area contributed by atoms with E-state index in [9.17, 15) is 9.59 Å². The van der Waals surface area contributed by atoms with Crippen molar-refractivity contribution in [1.29, 1.82) is 0 Å². The van der Waals surface area contributed by atoms with Crippen LogP contribution < -0.4 is 20.3 Å². The van der Waals surface area contributed by atoms with E-state index in [-0.39, 0.29) is 18.0 Å². The molecule has 3 aromatic rings. The second-order valence-electron chi connectivity index (χ2n) is 6.41. The van der Waals surface area contributed by atoms with Gasteiger partial charge in [-0.25, -0.2) is 0 Å². The largest absolute Gasteiger partial charge is 0.497 e. The number of carbonyl (C=O) groups excluding carboxylic acids is 1. The van der Waals surface area contributed by atoms with Gasteiger partial charge in [-0.2, -0.15) is 5.10 Å². The molecule has 8 heteroatoms. The van der Waals surface area contributed by atoms with Gasteiger partial charge in [0.15, 0.2) is 0 Å². The van der Waals surface area contributed by atoms with Crippen LogP contribution in [0.4, 0.5) is 0 Å². The van der Waals surface area contributed by atoms with Gasteiger partial charge in [0.25, 0.3) is 5.56 Å². The standard InChI is InChI=1S/C20H24N4O4/c1-5-24-19-17(13(2)22-24)6-7-23(20(19)26)12-18(25)21-11-14-8-15(27-3)10-16(9-14)28-4/h6-10H,5,11-12H2,1-4H3,(H,21,25). The summed E-state index contributed by atoms with van der Waals surface area (Å²) in [5.41, 5.74) is 1.94. The number of rotatable bonds is 7. The molecule has 0 aliphatic heterocycles. The predicted octanol–water partition coefficient (Wildman–Crippen LogP) is 1.86. The number of pyridine rings is 1. The van der Waals surface area contributed by atoms with Crippen molar-refractivity contribution in [3.8, 4) is 11.5 Å². The van der Waals surface area contributed by atoms with Crippen molar-refractivity contribution in [3.63, 3.8) is 0 Å². The molecule has 28 heavy (non-hydrogen) atoms. The lowest BCUT2D eigenvalue weighted by Gasteiger charge is -2.11. The molecule has 0 unspecified atom stereocenters. The molecule has 2 aromatic heterocycles. The van der Waals surface area contributed by atoms with E-state index >= 15 is 0 Å². The van der Waals surface area contributed by atoms with Crippen molar-refractivity contribution >= 4 is 16.8 Å². The van der Waals surface area contributed by atoms with Crippen LogP contribution in [0.3, 0.4) is 0 Å². The highest BCUT2D eigenvalue weighted by Crippen LogP contribution is 2.22. The van der Waals surface area contributed by atoms with Crippen molar-refractivity contribution in [2.75, 3.05) is 14.2 Å². The average Bonchev–Trinajstić information content (AvgIpc) is 3.04. The molecule has 0 aliphatic rings. The number of carbonyl (C=O) groups is 1. The molecule has 3 rings (SSSR count). The Morgan fingerprint density at radius 3 is 2.46 bits per heavy atom. The van der Waals surface area contributed by atoms with Crippen molar-refractivity contribution in [3.05, 3.63) is 52.1 Å². The second-order valence-corrected chi connectivity index (χ2v) is 6.41. The monoisotopic (exact) mass is 384 g/mol. The zero-order valence-corrected chi connectivity index (χ0v) is 16.5. The first-order valence-corrected chi connectivity index (χ1v) is 9.02. The molecule has 1 amide bonds. The van der Waals surface area contributed by atoms with Crippen LogP contribution in [0.25, 0.3) is 10.9 Å². The van der Waals surface area contributed by atoms with Crippen molar-refractivity contribution in [2.45, 2.75) is 33.5 Å². The van der Waals surface area contributed by atoms with Crippen LogP contribution in [0.5, 0.6) is 11.5 Å². The fourth-order valence-corrected chi connectivity index (χ4v) is 3.12. The quantitative estimate of drug-likeness (QED) is 0.672. The van der Waals surface area contributed by atoms with Gasteiger partial charge in [0.1, 0.15) is 23.6 Å². The van der Waals surface area contributed by atoms with Crippen molar-refractivity contribution in [2.24, 2.45) is 0 Å². The Morgan fingerprint density at radius 1 is 1.18 bits per heavy atom. The second kappa shape index (κ2) is 8.16. The van der Waals surface area contributed by atoms with Crippen LogP contribution in [0.15, 0.2) is 35.3 Å². The summed E-state index contributed by atoms with van der Waals surface area (Å²) in [6.07, 6.45) is 1.63. The molecule has 1 aromatic carbocycles. The maximum absolute atomic E-state index is 12.8. The van der Waals surface area contributed by atoms with Crippen LogP contribution in [0.1, 0.15) is 18.2 Å². The number of benzene rings is 1. The molecule has 0 aliphatic carbocycles. The van der Waals surface area contributed by atoms with Gasteiger partial charge in [0.05, 0.1) is 19.9 Å². The SMILES string of the molecule is CCn1nc(C)c2ccn(CC(=O)NCc3cc(OC)cc(OC)c3)c(=O)c21. The summed E-state index contributed by atoms with van der Waals surface area (Å²) in [6, 6.07) is 7.23. The smallest absolute Gasteiger partial charge is 0.277 e. The number of nitrogens with one attached hydrogen (secondary N) is 1. The zero-order chi connectivity index (χ0) is 20.3. The summed E-state index contributed by atoms with van der Waals surface area (Å²) in [6.45, 7) is 4.62. The Morgan fingerprint density at radius 2 is 1.86 bits per heavy atom. The molecule has 0 saturated heterocycles. The highest BCUT2D eigenvalue weighted by Gasteiger charge is 2.13. The first-order valence-electron chi connectivity index (χ1n) is 9.02. The molecule has 0 radical (unpaired) electrons. The van der Waals surface area contributed by atoms with Crippen molar-refractivity contribution in [1.82, 2.24) is 19.7 Å². The summed E-state index contributed by atoms with van der Waals surface area (Å²) in [4.78, 5) is 25.2. The maximum Gasteiger partial charge on any atom is 0.277 e. The molecule has 0 fully saturated rings. The Balaban J connectivity index is 1.75. The van der Waals surface area contributed by atoms with E-state index in [2.05, 4.69) is 10.4 Å². The van der Waals surface area contributed by atoms with Gasteiger partial charge in [0, 0.05) is 30.7 Å². The molecule has 0 spiro atoms. The van der Waals surface area contributed by atoms with Gasteiger partial charge in [-0.15, -0.1) is 0 Å². The van der Waals surface area contributed by atoms with Crippen LogP contribution in [-0.2, 0) is 24.4 Å². The van der Waals surface area contributed by atoms with E-state index in [1.165, 1.54) is 4.57 Å². The van der Waals surface area contributed by atoms with Gasteiger partial charge in [-0.3, -0.25) is 14.3 Å². The Bertz CT molecular complexity index is 1050. The van der Waals surface area contributed by atoms with Crippen LogP contribution in [-0.4, -0.2) is 34.5 Å². The van der Waals surface area contributed by atoms with E-state index in [1.807, 2.05) is 32.0 Å². The van der Waals surface area contributed by atoms with E-state index in [4.69, 9.17) is 9.47 Å². The molecular formula is C20H24N4O4. The normalized spacial score (nSPS) is 10.9. The maximum atomic E-state index is 12.8. The van der Waals surface area contributed by atoms with E-state index in [1.54, 1.807) is 31.2 Å².